The first kappa shape index (κ1) is 12.4. The quantitative estimate of drug-likeness (QED) is 0.847. The highest BCUT2D eigenvalue weighted by atomic mass is 16.7. The number of fused-ring (bicyclic) bond motifs is 1. The van der Waals surface area contributed by atoms with Gasteiger partial charge in [-0.2, -0.15) is 0 Å². The fourth-order valence-corrected chi connectivity index (χ4v) is 3.13. The molecule has 0 saturated carbocycles. The third-order valence-corrected chi connectivity index (χ3v) is 4.14. The molecule has 0 bridgehead atoms. The van der Waals surface area contributed by atoms with Crippen molar-refractivity contribution >= 4 is 17.3 Å². The van der Waals surface area contributed by atoms with Gasteiger partial charge in [-0.3, -0.25) is 9.63 Å². The monoisotopic (exact) mass is 280 g/mol. The number of carbonyl (C=O) groups excluding carboxylic acids is 1. The second kappa shape index (κ2) is 4.90. The molecular formula is C17H16N2O2. The first-order valence-corrected chi connectivity index (χ1v) is 7.18. The maximum Gasteiger partial charge on any atom is 0.252 e. The lowest BCUT2D eigenvalue weighted by Gasteiger charge is -2.24. The molecule has 2 atom stereocenters. The van der Waals surface area contributed by atoms with Gasteiger partial charge in [0.15, 0.2) is 0 Å². The molecule has 4 rings (SSSR count). The third-order valence-electron chi connectivity index (χ3n) is 4.14. The summed E-state index contributed by atoms with van der Waals surface area (Å²) >= 11 is 0. The van der Waals surface area contributed by atoms with Crippen molar-refractivity contribution < 1.29 is 9.63 Å². The van der Waals surface area contributed by atoms with Crippen LogP contribution in [0.5, 0.6) is 0 Å². The van der Waals surface area contributed by atoms with E-state index in [1.54, 1.807) is 5.06 Å². The second-order valence-electron chi connectivity index (χ2n) is 5.45. The van der Waals surface area contributed by atoms with E-state index in [2.05, 4.69) is 0 Å². The molecule has 2 aromatic carbocycles. The number of para-hydroxylation sites is 2. The van der Waals surface area contributed by atoms with Crippen LogP contribution in [0, 0.1) is 5.92 Å². The molecule has 2 heterocycles. The summed E-state index contributed by atoms with van der Waals surface area (Å²) in [6, 6.07) is 19.5. The highest BCUT2D eigenvalue weighted by molar-refractivity contribution is 6.01. The number of benzene rings is 2. The number of hydrogen-bond donors (Lipinski definition) is 0. The van der Waals surface area contributed by atoms with Gasteiger partial charge < -0.3 is 4.90 Å². The summed E-state index contributed by atoms with van der Waals surface area (Å²) in [7, 11) is 0. The van der Waals surface area contributed by atoms with Crippen LogP contribution in [0.1, 0.15) is 0 Å². The molecule has 2 saturated heterocycles. The summed E-state index contributed by atoms with van der Waals surface area (Å²) < 4.78 is 0. The molecule has 4 nitrogen and oxygen atoms in total. The number of amides is 1. The molecule has 2 unspecified atom stereocenters. The van der Waals surface area contributed by atoms with Crippen LogP contribution in [-0.2, 0) is 9.63 Å². The van der Waals surface area contributed by atoms with Gasteiger partial charge in [0.2, 0.25) is 0 Å². The van der Waals surface area contributed by atoms with Gasteiger partial charge in [-0.25, -0.2) is 5.06 Å². The third kappa shape index (κ3) is 1.99. The first-order valence-electron chi connectivity index (χ1n) is 7.18. The van der Waals surface area contributed by atoms with Crippen LogP contribution in [0.25, 0.3) is 0 Å². The molecule has 0 aliphatic carbocycles. The standard InChI is InChI=1S/C17H16N2O2/c20-17-16-13(11-18(17)14-7-3-1-4-8-14)12-21-19(16)15-9-5-2-6-10-15/h1-10,13,16H,11-12H2. The first-order chi connectivity index (χ1) is 10.3. The average Bonchev–Trinajstić information content (AvgIpc) is 3.10. The van der Waals surface area contributed by atoms with Crippen LogP contribution < -0.4 is 9.96 Å². The molecule has 2 aromatic rings. The second-order valence-corrected chi connectivity index (χ2v) is 5.45. The Balaban J connectivity index is 1.64. The molecule has 1 amide bonds. The Morgan fingerprint density at radius 2 is 1.52 bits per heavy atom. The SMILES string of the molecule is O=C1C2C(CON2c2ccccc2)CN1c1ccccc1. The molecule has 0 N–H and O–H groups in total. The van der Waals surface area contributed by atoms with Crippen molar-refractivity contribution in [2.24, 2.45) is 5.92 Å². The molecule has 106 valence electrons. The number of carbonyl (C=O) groups is 1. The number of hydrogen-bond acceptors (Lipinski definition) is 3. The predicted molar refractivity (Wildman–Crippen MR) is 80.9 cm³/mol. The smallest absolute Gasteiger partial charge is 0.252 e. The summed E-state index contributed by atoms with van der Waals surface area (Å²) in [4.78, 5) is 20.4. The van der Waals surface area contributed by atoms with Crippen LogP contribution in [-0.4, -0.2) is 25.1 Å². The van der Waals surface area contributed by atoms with E-state index in [9.17, 15) is 4.79 Å². The largest absolute Gasteiger partial charge is 0.310 e. The molecule has 0 radical (unpaired) electrons. The fraction of sp³-hybridized carbons (Fsp3) is 0.235. The Hall–Kier alpha value is -2.33. The van der Waals surface area contributed by atoms with Crippen LogP contribution in [0.4, 0.5) is 11.4 Å². The zero-order chi connectivity index (χ0) is 14.2. The number of nitrogens with zero attached hydrogens (tertiary/aromatic N) is 2. The van der Waals surface area contributed by atoms with Gasteiger partial charge in [0.25, 0.3) is 5.91 Å². The summed E-state index contributed by atoms with van der Waals surface area (Å²) in [5, 5.41) is 1.77. The summed E-state index contributed by atoms with van der Waals surface area (Å²) in [6.45, 7) is 1.31. The molecule has 2 fully saturated rings. The van der Waals surface area contributed by atoms with Crippen molar-refractivity contribution in [2.45, 2.75) is 6.04 Å². The number of anilines is 2. The molecular weight excluding hydrogens is 264 g/mol. The lowest BCUT2D eigenvalue weighted by molar-refractivity contribution is -0.118. The van der Waals surface area contributed by atoms with E-state index in [-0.39, 0.29) is 17.9 Å². The zero-order valence-corrected chi connectivity index (χ0v) is 11.6. The lowest BCUT2D eigenvalue weighted by atomic mass is 10.1. The molecule has 2 aliphatic heterocycles. The van der Waals surface area contributed by atoms with Crippen LogP contribution in [0.3, 0.4) is 0 Å². The van der Waals surface area contributed by atoms with E-state index in [1.165, 1.54) is 0 Å². The Bertz CT molecular complexity index is 644. The lowest BCUT2D eigenvalue weighted by Crippen LogP contribution is -2.39. The van der Waals surface area contributed by atoms with E-state index in [1.807, 2.05) is 65.6 Å². The van der Waals surface area contributed by atoms with E-state index < -0.39 is 0 Å². The Morgan fingerprint density at radius 1 is 0.905 bits per heavy atom. The van der Waals surface area contributed by atoms with Crippen molar-refractivity contribution in [3.05, 3.63) is 60.7 Å². The molecule has 2 aliphatic rings. The van der Waals surface area contributed by atoms with Crippen molar-refractivity contribution in [1.82, 2.24) is 0 Å². The normalized spacial score (nSPS) is 24.5. The van der Waals surface area contributed by atoms with Gasteiger partial charge in [-0.15, -0.1) is 0 Å². The molecule has 0 aromatic heterocycles. The number of rotatable bonds is 2. The minimum Gasteiger partial charge on any atom is -0.310 e. The van der Waals surface area contributed by atoms with Gasteiger partial charge in [0.1, 0.15) is 6.04 Å². The zero-order valence-electron chi connectivity index (χ0n) is 11.6. The Kier molecular flexibility index (Phi) is 2.89. The highest BCUT2D eigenvalue weighted by Crippen LogP contribution is 2.35. The van der Waals surface area contributed by atoms with Gasteiger partial charge in [-0.05, 0) is 24.3 Å². The number of hydroxylamine groups is 1. The van der Waals surface area contributed by atoms with Crippen LogP contribution in [0.15, 0.2) is 60.7 Å². The Labute approximate surface area is 123 Å². The summed E-state index contributed by atoms with van der Waals surface area (Å²) in [5.41, 5.74) is 1.90. The minimum atomic E-state index is -0.215. The molecule has 0 spiro atoms. The summed E-state index contributed by atoms with van der Waals surface area (Å²) in [5.74, 6) is 0.338. The summed E-state index contributed by atoms with van der Waals surface area (Å²) in [6.07, 6.45) is 0. The van der Waals surface area contributed by atoms with Gasteiger partial charge in [-0.1, -0.05) is 36.4 Å². The topological polar surface area (TPSA) is 32.8 Å². The van der Waals surface area contributed by atoms with E-state index in [0.717, 1.165) is 17.9 Å². The minimum absolute atomic E-state index is 0.118. The van der Waals surface area contributed by atoms with Crippen molar-refractivity contribution in [1.29, 1.82) is 0 Å². The van der Waals surface area contributed by atoms with E-state index in [4.69, 9.17) is 4.84 Å². The van der Waals surface area contributed by atoms with Gasteiger partial charge >= 0.3 is 0 Å². The average molecular weight is 280 g/mol. The highest BCUT2D eigenvalue weighted by Gasteiger charge is 2.49. The van der Waals surface area contributed by atoms with E-state index in [0.29, 0.717) is 6.61 Å². The molecule has 4 heteroatoms. The predicted octanol–water partition coefficient (Wildman–Crippen LogP) is 2.47. The van der Waals surface area contributed by atoms with Gasteiger partial charge in [0.05, 0.1) is 12.3 Å². The van der Waals surface area contributed by atoms with Crippen molar-refractivity contribution in [3.63, 3.8) is 0 Å². The van der Waals surface area contributed by atoms with Crippen LogP contribution >= 0.6 is 0 Å². The Morgan fingerprint density at radius 3 is 2.19 bits per heavy atom. The maximum absolute atomic E-state index is 12.8. The van der Waals surface area contributed by atoms with Gasteiger partial charge in [0, 0.05) is 18.2 Å². The van der Waals surface area contributed by atoms with E-state index >= 15 is 0 Å². The van der Waals surface area contributed by atoms with Crippen molar-refractivity contribution in [2.75, 3.05) is 23.1 Å². The fourth-order valence-electron chi connectivity index (χ4n) is 3.13. The van der Waals surface area contributed by atoms with Crippen LogP contribution in [0.2, 0.25) is 0 Å². The maximum atomic E-state index is 12.8. The molecule has 21 heavy (non-hydrogen) atoms. The van der Waals surface area contributed by atoms with Crippen molar-refractivity contribution in [3.8, 4) is 0 Å².